The molecule has 3 fully saturated rings. The van der Waals surface area contributed by atoms with E-state index in [1.165, 1.54) is 11.3 Å². The highest BCUT2D eigenvalue weighted by Gasteiger charge is 2.33. The number of nitrogens with one attached hydrogen (secondary N) is 2. The highest BCUT2D eigenvalue weighted by molar-refractivity contribution is 7.22. The summed E-state index contributed by atoms with van der Waals surface area (Å²) in [6, 6.07) is 29.7. The number of anilines is 3. The molecule has 0 radical (unpaired) electrons. The number of hydrogen-bond acceptors (Lipinski definition) is 13. The largest absolute Gasteiger partial charge is 0.490 e. The van der Waals surface area contributed by atoms with Crippen LogP contribution in [0.15, 0.2) is 91.0 Å². The molecule has 77 heavy (non-hydrogen) atoms. The van der Waals surface area contributed by atoms with Crippen LogP contribution >= 0.6 is 11.3 Å². The van der Waals surface area contributed by atoms with E-state index in [9.17, 15) is 24.0 Å². The average Bonchev–Trinajstić information content (AvgIpc) is 4.11. The van der Waals surface area contributed by atoms with Crippen LogP contribution in [-0.2, 0) is 39.1 Å². The zero-order chi connectivity index (χ0) is 53.5. The summed E-state index contributed by atoms with van der Waals surface area (Å²) < 4.78 is 15.6. The number of fused-ring (bicyclic) bond motifs is 3. The molecule has 1 saturated carbocycles. The van der Waals surface area contributed by atoms with Gasteiger partial charge in [-0.05, 0) is 155 Å². The average molecular weight is 1060 g/mol. The Balaban J connectivity index is 0.700. The van der Waals surface area contributed by atoms with Crippen molar-refractivity contribution in [2.24, 2.45) is 13.0 Å². The lowest BCUT2D eigenvalue weighted by Gasteiger charge is -2.36. The van der Waals surface area contributed by atoms with Gasteiger partial charge in [0.2, 0.25) is 17.7 Å². The number of amides is 4. The van der Waals surface area contributed by atoms with Crippen molar-refractivity contribution in [2.45, 2.75) is 110 Å². The quantitative estimate of drug-likeness (QED) is 0.0875. The molecule has 0 bridgehead atoms. The minimum absolute atomic E-state index is 0.0274. The van der Waals surface area contributed by atoms with Crippen molar-refractivity contribution in [1.29, 1.82) is 0 Å². The summed E-state index contributed by atoms with van der Waals surface area (Å²) in [5.74, 6) is 0.325. The Kier molecular flexibility index (Phi) is 14.3. The predicted molar refractivity (Wildman–Crippen MR) is 299 cm³/mol. The predicted octanol–water partition coefficient (Wildman–Crippen LogP) is 9.91. The van der Waals surface area contributed by atoms with Crippen LogP contribution in [0, 0.1) is 12.8 Å². The van der Waals surface area contributed by atoms with E-state index >= 15 is 0 Å². The van der Waals surface area contributed by atoms with Gasteiger partial charge in [0.15, 0.2) is 10.8 Å². The van der Waals surface area contributed by atoms with Crippen LogP contribution in [-0.4, -0.2) is 98.7 Å². The molecule has 1 unspecified atom stereocenters. The molecule has 6 heterocycles. The molecule has 16 nitrogen and oxygen atoms in total. The molecular formula is C60H65N9O7S. The lowest BCUT2D eigenvalue weighted by molar-refractivity contribution is -0.134. The molecule has 1 atom stereocenters. The lowest BCUT2D eigenvalue weighted by Crippen LogP contribution is -2.48. The number of hydrogen-bond donors (Lipinski definition) is 2. The Morgan fingerprint density at radius 3 is 2.39 bits per heavy atom. The number of aryl methyl sites for hydroxylation is 1. The minimum atomic E-state index is -0.752. The third-order valence-electron chi connectivity index (χ3n) is 15.7. The molecular weight excluding hydrogens is 991 g/mol. The highest BCUT2D eigenvalue weighted by atomic mass is 32.1. The number of rotatable bonds is 12. The number of ether oxygens (including phenoxy) is 2. The zero-order valence-electron chi connectivity index (χ0n) is 44.4. The second-order valence-electron chi connectivity index (χ2n) is 21.9. The summed E-state index contributed by atoms with van der Waals surface area (Å²) in [5.41, 5.74) is 7.99. The third kappa shape index (κ3) is 11.0. The minimum Gasteiger partial charge on any atom is -0.490 e. The van der Waals surface area contributed by atoms with Gasteiger partial charge in [-0.15, -0.1) is 0 Å². The first-order valence-electron chi connectivity index (χ1n) is 27.0. The van der Waals surface area contributed by atoms with Crippen LogP contribution < -0.4 is 25.2 Å². The fourth-order valence-corrected chi connectivity index (χ4v) is 12.4. The molecule has 398 valence electrons. The maximum absolute atomic E-state index is 14.1. The van der Waals surface area contributed by atoms with Crippen LogP contribution in [0.25, 0.3) is 32.2 Å². The molecule has 3 aromatic heterocycles. The van der Waals surface area contributed by atoms with Gasteiger partial charge >= 0.3 is 5.97 Å². The van der Waals surface area contributed by atoms with Gasteiger partial charge in [-0.3, -0.25) is 34.5 Å². The van der Waals surface area contributed by atoms with E-state index in [-0.39, 0.29) is 35.4 Å². The molecule has 2 N–H and O–H groups in total. The molecule has 2 saturated heterocycles. The number of aromatic nitrogens is 4. The first-order valence-corrected chi connectivity index (χ1v) is 27.8. The molecule has 11 rings (SSSR count). The fourth-order valence-electron chi connectivity index (χ4n) is 11.5. The number of carbonyl (C=O) groups is 5. The molecule has 7 aromatic rings. The van der Waals surface area contributed by atoms with Gasteiger partial charge in [-0.2, -0.15) is 5.10 Å². The SMILES string of the molecule is Cc1c(OC2CCC(CCC(=O)N3CCN(c4ccc5c(C6CCC(=O)NC6=O)nn(C)c5c4)CC3)CC2)cccc1-c1ccc(N2CCc3cccc(C(=O)Nc4nc5ccccc5s4)c3C2)nc1C(=O)OC(C)(C)C. The van der Waals surface area contributed by atoms with Gasteiger partial charge in [0.1, 0.15) is 17.2 Å². The van der Waals surface area contributed by atoms with Gasteiger partial charge in [0.05, 0.1) is 33.4 Å². The van der Waals surface area contributed by atoms with Crippen LogP contribution in [0.5, 0.6) is 5.75 Å². The maximum Gasteiger partial charge on any atom is 0.358 e. The number of nitrogens with zero attached hydrogens (tertiary/aromatic N) is 7. The molecule has 4 aliphatic rings. The van der Waals surface area contributed by atoms with Gasteiger partial charge in [0, 0.05) is 81.4 Å². The number of piperidine rings is 1. The summed E-state index contributed by atoms with van der Waals surface area (Å²) in [5, 5.41) is 11.7. The van der Waals surface area contributed by atoms with E-state index in [0.717, 1.165) is 100 Å². The second-order valence-corrected chi connectivity index (χ2v) is 23.0. The number of esters is 1. The number of carbonyl (C=O) groups excluding carboxylic acids is 5. The number of thiazole rings is 1. The summed E-state index contributed by atoms with van der Waals surface area (Å²) in [6.45, 7) is 11.4. The standard InChI is InChI=1S/C60H65N9O7S/c1-36-41(42-23-25-51(62-55(42)58(74)76-60(2,3)4)69-29-28-38-10-8-12-43(46(38)35-69)56(72)64-59-61-47-13-6-7-15-50(47)77-59)11-9-14-49(36)75-40-20-16-37(17-21-40)18-27-53(71)68-32-30-67(31-33-68)39-19-22-44-48(34-39)66(5)65-54(44)45-24-26-52(70)63-57(45)73/h6-15,19,22-23,25,34,37,40,45H,16-18,20-21,24,26-33,35H2,1-5H3,(H,61,64,72)(H,63,70,73). The van der Waals surface area contributed by atoms with Gasteiger partial charge in [-0.1, -0.05) is 47.7 Å². The second kappa shape index (κ2) is 21.4. The van der Waals surface area contributed by atoms with E-state index in [0.29, 0.717) is 85.6 Å². The summed E-state index contributed by atoms with van der Waals surface area (Å²) in [4.78, 5) is 82.0. The zero-order valence-corrected chi connectivity index (χ0v) is 45.2. The Morgan fingerprint density at radius 2 is 1.61 bits per heavy atom. The Morgan fingerprint density at radius 1 is 0.818 bits per heavy atom. The van der Waals surface area contributed by atoms with Gasteiger partial charge in [-0.25, -0.2) is 14.8 Å². The Hall–Kier alpha value is -7.66. The van der Waals surface area contributed by atoms with Crippen molar-refractivity contribution >= 4 is 78.7 Å². The molecule has 0 spiro atoms. The molecule has 17 heteroatoms. The van der Waals surface area contributed by atoms with E-state index in [2.05, 4.69) is 43.6 Å². The van der Waals surface area contributed by atoms with E-state index in [1.807, 2.05) is 117 Å². The highest BCUT2D eigenvalue weighted by Crippen LogP contribution is 2.39. The normalized spacial score (nSPS) is 19.0. The number of pyridine rings is 1. The van der Waals surface area contributed by atoms with Crippen molar-refractivity contribution in [3.8, 4) is 16.9 Å². The van der Waals surface area contributed by atoms with Crippen LogP contribution in [0.1, 0.15) is 121 Å². The fraction of sp³-hybridized carbons (Fsp3) is 0.400. The van der Waals surface area contributed by atoms with E-state index < -0.39 is 17.5 Å². The number of imide groups is 1. The lowest BCUT2D eigenvalue weighted by atomic mass is 9.84. The van der Waals surface area contributed by atoms with Gasteiger partial charge in [0.25, 0.3) is 5.91 Å². The number of piperazine rings is 1. The summed E-state index contributed by atoms with van der Waals surface area (Å²) >= 11 is 1.44. The summed E-state index contributed by atoms with van der Waals surface area (Å²) in [7, 11) is 1.88. The van der Waals surface area contributed by atoms with Crippen LogP contribution in [0.2, 0.25) is 0 Å². The molecule has 3 aliphatic heterocycles. The monoisotopic (exact) mass is 1060 g/mol. The van der Waals surface area contributed by atoms with E-state index in [4.69, 9.17) is 19.6 Å². The van der Waals surface area contributed by atoms with Crippen LogP contribution in [0.3, 0.4) is 0 Å². The molecule has 4 amide bonds. The maximum atomic E-state index is 14.1. The van der Waals surface area contributed by atoms with Crippen molar-refractivity contribution in [1.82, 2.24) is 30.0 Å². The topological polar surface area (TPSA) is 181 Å². The van der Waals surface area contributed by atoms with E-state index in [1.54, 1.807) is 0 Å². The Labute approximate surface area is 452 Å². The number of para-hydroxylation sites is 1. The van der Waals surface area contributed by atoms with Gasteiger partial charge < -0.3 is 24.2 Å². The molecule has 4 aromatic carbocycles. The third-order valence-corrected chi connectivity index (χ3v) is 16.6. The van der Waals surface area contributed by atoms with Crippen molar-refractivity contribution in [3.05, 3.63) is 125 Å². The first kappa shape index (κ1) is 51.4. The Bertz CT molecular complexity index is 3400. The first-order chi connectivity index (χ1) is 37.1. The van der Waals surface area contributed by atoms with Crippen molar-refractivity contribution in [3.63, 3.8) is 0 Å². The van der Waals surface area contributed by atoms with Crippen LogP contribution in [0.4, 0.5) is 16.6 Å². The van der Waals surface area contributed by atoms with Crippen molar-refractivity contribution < 1.29 is 33.4 Å². The smallest absolute Gasteiger partial charge is 0.358 e. The number of benzene rings is 4. The molecule has 1 aliphatic carbocycles. The summed E-state index contributed by atoms with van der Waals surface area (Å²) in [6.07, 6.45) is 6.62. The van der Waals surface area contributed by atoms with Crippen molar-refractivity contribution in [2.75, 3.05) is 47.8 Å².